The maximum atomic E-state index is 13.8. The Hall–Kier alpha value is -2.99. The predicted octanol–water partition coefficient (Wildman–Crippen LogP) is 4.75. The average molecular weight is 534 g/mol. The highest BCUT2D eigenvalue weighted by Crippen LogP contribution is 2.38. The normalized spacial score (nSPS) is 13.5. The second-order valence-corrected chi connectivity index (χ2v) is 9.65. The van der Waals surface area contributed by atoms with E-state index in [1.54, 1.807) is 20.8 Å². The highest BCUT2D eigenvalue weighted by Gasteiger charge is 2.42. The number of hydrogen-bond acceptors (Lipinski definition) is 7. The van der Waals surface area contributed by atoms with E-state index in [1.165, 1.54) is 18.5 Å². The summed E-state index contributed by atoms with van der Waals surface area (Å²) >= 11 is 7.11. The quantitative estimate of drug-likeness (QED) is 0.219. The second kappa shape index (κ2) is 11.2. The first kappa shape index (κ1) is 28.2. The van der Waals surface area contributed by atoms with Gasteiger partial charge in [0.15, 0.2) is 16.8 Å². The van der Waals surface area contributed by atoms with E-state index in [-0.39, 0.29) is 11.7 Å². The molecule has 190 valence electrons. The van der Waals surface area contributed by atoms with Crippen molar-refractivity contribution in [3.8, 4) is 0 Å². The topological polar surface area (TPSA) is 114 Å². The van der Waals surface area contributed by atoms with E-state index < -0.39 is 63.3 Å². The van der Waals surface area contributed by atoms with E-state index in [0.29, 0.717) is 6.07 Å². The van der Waals surface area contributed by atoms with Crippen molar-refractivity contribution in [1.82, 2.24) is 4.98 Å². The highest BCUT2D eigenvalue weighted by molar-refractivity contribution is 7.13. The van der Waals surface area contributed by atoms with Gasteiger partial charge < -0.3 is 15.4 Å². The number of rotatable bonds is 8. The van der Waals surface area contributed by atoms with Crippen molar-refractivity contribution in [2.75, 3.05) is 17.2 Å². The number of halogens is 4. The molecule has 0 aliphatic carbocycles. The molecule has 13 heteroatoms. The van der Waals surface area contributed by atoms with Gasteiger partial charge in [-0.15, -0.1) is 22.9 Å². The number of nitrogens with one attached hydrogen (secondary N) is 2. The first-order valence-electron chi connectivity index (χ1n) is 10.2. The number of thiazole rings is 1. The van der Waals surface area contributed by atoms with Gasteiger partial charge in [0, 0.05) is 17.1 Å². The van der Waals surface area contributed by atoms with Crippen molar-refractivity contribution in [2.45, 2.75) is 39.2 Å². The van der Waals surface area contributed by atoms with Crippen molar-refractivity contribution >= 4 is 57.3 Å². The van der Waals surface area contributed by atoms with Gasteiger partial charge in [-0.1, -0.05) is 26.8 Å². The zero-order valence-electron chi connectivity index (χ0n) is 19.2. The summed E-state index contributed by atoms with van der Waals surface area (Å²) in [4.78, 5) is 55.2. The number of benzene rings is 1. The van der Waals surface area contributed by atoms with Crippen LogP contribution in [0.4, 0.5) is 24.0 Å². The van der Waals surface area contributed by atoms with Crippen LogP contribution in [0.25, 0.3) is 0 Å². The molecule has 35 heavy (non-hydrogen) atoms. The lowest BCUT2D eigenvalue weighted by Gasteiger charge is -2.26. The van der Waals surface area contributed by atoms with Gasteiger partial charge in [0.25, 0.3) is 0 Å². The zero-order chi connectivity index (χ0) is 26.6. The molecule has 0 fully saturated rings. The summed E-state index contributed by atoms with van der Waals surface area (Å²) < 4.78 is 46.2. The van der Waals surface area contributed by atoms with Gasteiger partial charge in [0.1, 0.15) is 5.38 Å². The molecule has 0 saturated carbocycles. The van der Waals surface area contributed by atoms with Crippen LogP contribution in [-0.2, 0) is 25.3 Å². The molecule has 1 aromatic heterocycles. The maximum Gasteiger partial charge on any atom is 0.418 e. The van der Waals surface area contributed by atoms with E-state index in [0.717, 1.165) is 23.5 Å². The number of esters is 1. The second-order valence-electron chi connectivity index (χ2n) is 8.32. The molecule has 2 unspecified atom stereocenters. The van der Waals surface area contributed by atoms with E-state index in [4.69, 9.17) is 16.3 Å². The van der Waals surface area contributed by atoms with Crippen molar-refractivity contribution in [1.29, 1.82) is 0 Å². The van der Waals surface area contributed by atoms with Crippen LogP contribution in [0.15, 0.2) is 29.8 Å². The summed E-state index contributed by atoms with van der Waals surface area (Å²) in [7, 11) is 0. The lowest BCUT2D eigenvalue weighted by molar-refractivity contribution is -0.148. The summed E-state index contributed by atoms with van der Waals surface area (Å²) in [5.74, 6) is -6.88. The van der Waals surface area contributed by atoms with Gasteiger partial charge in [0.05, 0.1) is 17.9 Å². The number of para-hydroxylation sites is 1. The number of alkyl halides is 4. The molecule has 0 saturated heterocycles. The molecule has 2 rings (SSSR count). The van der Waals surface area contributed by atoms with Crippen LogP contribution in [0.3, 0.4) is 0 Å². The third kappa shape index (κ3) is 7.01. The number of amides is 2. The summed E-state index contributed by atoms with van der Waals surface area (Å²) in [6.45, 7) is 6.04. The van der Waals surface area contributed by atoms with Crippen LogP contribution in [0.5, 0.6) is 0 Å². The number of ketones is 1. The molecule has 1 heterocycles. The van der Waals surface area contributed by atoms with E-state index in [2.05, 4.69) is 15.6 Å². The lowest BCUT2D eigenvalue weighted by atomic mass is 9.90. The molecule has 0 bridgehead atoms. The van der Waals surface area contributed by atoms with Crippen LogP contribution < -0.4 is 10.6 Å². The minimum absolute atomic E-state index is 0.0600. The molecule has 0 radical (unpaired) electrons. The number of ether oxygens (including phenoxy) is 1. The van der Waals surface area contributed by atoms with E-state index >= 15 is 0 Å². The Morgan fingerprint density at radius 2 is 1.77 bits per heavy atom. The first-order chi connectivity index (χ1) is 16.2. The Labute approximate surface area is 208 Å². The first-order valence-corrected chi connectivity index (χ1v) is 11.6. The van der Waals surface area contributed by atoms with Crippen LogP contribution in [0.1, 0.15) is 43.6 Å². The minimum atomic E-state index is -4.98. The van der Waals surface area contributed by atoms with Gasteiger partial charge in [-0.25, -0.2) is 4.98 Å². The molecule has 0 spiro atoms. The van der Waals surface area contributed by atoms with Gasteiger partial charge in [-0.05, 0) is 24.5 Å². The molecule has 2 N–H and O–H groups in total. The molecule has 8 nitrogen and oxygen atoms in total. The van der Waals surface area contributed by atoms with Crippen LogP contribution in [0.2, 0.25) is 0 Å². The zero-order valence-corrected chi connectivity index (χ0v) is 20.7. The highest BCUT2D eigenvalue weighted by atomic mass is 35.5. The fraction of sp³-hybridized carbons (Fsp3) is 0.409. The SMILES string of the molecule is CCOC(=O)C(C(=O)Nc1nccs1)C(=O)c1cccc(C(F)(F)F)c1NC(=O)C(Cl)C(C)(C)C. The molecule has 2 atom stereocenters. The molecular weight excluding hydrogens is 511 g/mol. The van der Waals surface area contributed by atoms with Crippen molar-refractivity contribution in [3.63, 3.8) is 0 Å². The summed E-state index contributed by atoms with van der Waals surface area (Å²) in [6.07, 6.45) is -3.62. The third-order valence-corrected chi connectivity index (χ3v) is 6.12. The Bertz CT molecular complexity index is 1100. The standard InChI is InChI=1S/C22H23ClF3N3O5S/c1-5-34-19(33)13(17(31)29-20-27-9-10-35-20)15(30)11-7-6-8-12(22(24,25)26)14(11)28-18(32)16(23)21(2,3)4/h6-10,13,16H,5H2,1-4H3,(H,28,32)(H,27,29,31). The summed E-state index contributed by atoms with van der Waals surface area (Å²) in [5.41, 5.74) is -3.80. The molecule has 2 amide bonds. The minimum Gasteiger partial charge on any atom is -0.465 e. The van der Waals surface area contributed by atoms with Crippen molar-refractivity contribution in [3.05, 3.63) is 40.9 Å². The largest absolute Gasteiger partial charge is 0.465 e. The number of anilines is 2. The van der Waals surface area contributed by atoms with Crippen LogP contribution in [0, 0.1) is 11.3 Å². The van der Waals surface area contributed by atoms with Gasteiger partial charge in [0.2, 0.25) is 11.8 Å². The molecular formula is C22H23ClF3N3O5S. The van der Waals surface area contributed by atoms with Crippen molar-refractivity contribution < 1.29 is 37.1 Å². The molecule has 0 aliphatic heterocycles. The van der Waals surface area contributed by atoms with Crippen LogP contribution in [-0.4, -0.2) is 40.5 Å². The smallest absolute Gasteiger partial charge is 0.418 e. The number of nitrogens with zero attached hydrogens (tertiary/aromatic N) is 1. The number of carbonyl (C=O) groups excluding carboxylic acids is 4. The fourth-order valence-electron chi connectivity index (χ4n) is 2.89. The Balaban J connectivity index is 2.59. The van der Waals surface area contributed by atoms with Crippen LogP contribution >= 0.6 is 22.9 Å². The summed E-state index contributed by atoms with van der Waals surface area (Å²) in [5, 5.41) is 4.67. The lowest BCUT2D eigenvalue weighted by Crippen LogP contribution is -2.39. The Kier molecular flexibility index (Phi) is 9.01. The number of aromatic nitrogens is 1. The third-order valence-electron chi connectivity index (χ3n) is 4.58. The average Bonchev–Trinajstić information content (AvgIpc) is 3.25. The van der Waals surface area contributed by atoms with Gasteiger partial charge in [-0.3, -0.25) is 19.2 Å². The monoisotopic (exact) mass is 533 g/mol. The molecule has 2 aromatic rings. The van der Waals surface area contributed by atoms with Gasteiger partial charge >= 0.3 is 12.1 Å². The van der Waals surface area contributed by atoms with E-state index in [1.807, 2.05) is 0 Å². The Morgan fingerprint density at radius 3 is 2.29 bits per heavy atom. The molecule has 1 aromatic carbocycles. The molecule has 0 aliphatic rings. The predicted molar refractivity (Wildman–Crippen MR) is 124 cm³/mol. The van der Waals surface area contributed by atoms with Gasteiger partial charge in [-0.2, -0.15) is 13.2 Å². The number of carbonyl (C=O) groups is 4. The van der Waals surface area contributed by atoms with E-state index in [9.17, 15) is 32.3 Å². The summed E-state index contributed by atoms with van der Waals surface area (Å²) in [6, 6.07) is 2.55. The fourth-order valence-corrected chi connectivity index (χ4v) is 3.47. The number of hydrogen-bond donors (Lipinski definition) is 2. The number of Topliss-reactive ketones (excluding diaryl/α,β-unsaturated/α-hetero) is 1. The maximum absolute atomic E-state index is 13.8. The van der Waals surface area contributed by atoms with Crippen molar-refractivity contribution in [2.24, 2.45) is 11.3 Å². The Morgan fingerprint density at radius 1 is 1.11 bits per heavy atom.